The number of likely N-dealkylation sites (tertiary alicyclic amines) is 1. The summed E-state index contributed by atoms with van der Waals surface area (Å²) in [4.78, 5) is 25.7. The summed E-state index contributed by atoms with van der Waals surface area (Å²) in [6, 6.07) is 9.10. The second-order valence-electron chi connectivity index (χ2n) is 8.26. The average molecular weight is 376 g/mol. The second-order valence-corrected chi connectivity index (χ2v) is 8.26. The molecule has 0 saturated carbocycles. The van der Waals surface area contributed by atoms with Crippen LogP contribution >= 0.6 is 0 Å². The quantitative estimate of drug-likeness (QED) is 0.494. The Labute approximate surface area is 163 Å². The topological polar surface area (TPSA) is 55.8 Å². The van der Waals surface area contributed by atoms with E-state index < -0.39 is 5.60 Å². The van der Waals surface area contributed by atoms with E-state index in [4.69, 9.17) is 9.47 Å². The summed E-state index contributed by atoms with van der Waals surface area (Å²) in [6.07, 6.45) is 6.17. The summed E-state index contributed by atoms with van der Waals surface area (Å²) in [5.74, 6) is 0.431. The Morgan fingerprint density at radius 3 is 2.33 bits per heavy atom. The van der Waals surface area contributed by atoms with Crippen LogP contribution in [-0.4, -0.2) is 42.3 Å². The van der Waals surface area contributed by atoms with Gasteiger partial charge in [-0.25, -0.2) is 9.59 Å². The Bertz CT molecular complexity index is 586. The van der Waals surface area contributed by atoms with Gasteiger partial charge in [0.25, 0.3) is 0 Å². The van der Waals surface area contributed by atoms with Gasteiger partial charge in [0.05, 0.1) is 12.2 Å². The number of piperidine rings is 1. The van der Waals surface area contributed by atoms with Crippen molar-refractivity contribution in [3.05, 3.63) is 35.9 Å². The van der Waals surface area contributed by atoms with E-state index in [2.05, 4.69) is 0 Å². The van der Waals surface area contributed by atoms with Gasteiger partial charge in [0, 0.05) is 13.1 Å². The van der Waals surface area contributed by atoms with E-state index in [1.54, 1.807) is 12.1 Å². The minimum atomic E-state index is -0.433. The lowest BCUT2D eigenvalue weighted by molar-refractivity contribution is 0.0179. The molecule has 1 aliphatic heterocycles. The van der Waals surface area contributed by atoms with Gasteiger partial charge in [-0.05, 0) is 58.1 Å². The van der Waals surface area contributed by atoms with Crippen LogP contribution in [0, 0.1) is 5.92 Å². The molecule has 5 nitrogen and oxygen atoms in total. The molecule has 0 aliphatic carbocycles. The standard InChI is InChI=1S/C22H33NO4/c1-22(2,3)27-21(25)23-15-13-18(14-16-23)10-6-5-9-17-26-20(24)19-11-7-4-8-12-19/h4,7-8,11-12,18H,5-6,9-10,13-17H2,1-3H3. The number of rotatable bonds is 7. The fourth-order valence-electron chi connectivity index (χ4n) is 3.26. The summed E-state index contributed by atoms with van der Waals surface area (Å²) in [5.41, 5.74) is 0.173. The zero-order chi connectivity index (χ0) is 19.7. The molecule has 1 aromatic carbocycles. The van der Waals surface area contributed by atoms with Gasteiger partial charge in [-0.2, -0.15) is 0 Å². The number of benzene rings is 1. The highest BCUT2D eigenvalue weighted by atomic mass is 16.6. The monoisotopic (exact) mass is 375 g/mol. The van der Waals surface area contributed by atoms with Crippen molar-refractivity contribution in [1.29, 1.82) is 0 Å². The highest BCUT2D eigenvalue weighted by molar-refractivity contribution is 5.89. The minimum Gasteiger partial charge on any atom is -0.462 e. The number of hydrogen-bond acceptors (Lipinski definition) is 4. The molecule has 1 fully saturated rings. The van der Waals surface area contributed by atoms with Crippen LogP contribution in [0.25, 0.3) is 0 Å². The first-order valence-corrected chi connectivity index (χ1v) is 10.1. The first kappa shape index (κ1) is 21.3. The van der Waals surface area contributed by atoms with Gasteiger partial charge >= 0.3 is 12.1 Å². The lowest BCUT2D eigenvalue weighted by Crippen LogP contribution is -2.41. The number of ether oxygens (including phenoxy) is 2. The van der Waals surface area contributed by atoms with Crippen molar-refractivity contribution in [2.45, 2.75) is 64.9 Å². The maximum Gasteiger partial charge on any atom is 0.410 e. The Hall–Kier alpha value is -2.04. The van der Waals surface area contributed by atoms with Crippen LogP contribution in [0.5, 0.6) is 0 Å². The number of amides is 1. The average Bonchev–Trinajstić information content (AvgIpc) is 2.64. The molecule has 1 saturated heterocycles. The number of hydrogen-bond donors (Lipinski definition) is 0. The van der Waals surface area contributed by atoms with Crippen LogP contribution in [0.1, 0.15) is 69.7 Å². The number of esters is 1. The van der Waals surface area contributed by atoms with Crippen molar-refractivity contribution in [1.82, 2.24) is 4.90 Å². The first-order valence-electron chi connectivity index (χ1n) is 10.1. The van der Waals surface area contributed by atoms with Crippen LogP contribution in [0.15, 0.2) is 30.3 Å². The maximum absolute atomic E-state index is 12.1. The lowest BCUT2D eigenvalue weighted by atomic mass is 9.91. The Balaban J connectivity index is 1.52. The van der Waals surface area contributed by atoms with Crippen molar-refractivity contribution in [3.63, 3.8) is 0 Å². The molecule has 1 amide bonds. The van der Waals surface area contributed by atoms with Crippen LogP contribution in [0.2, 0.25) is 0 Å². The van der Waals surface area contributed by atoms with E-state index in [1.807, 2.05) is 43.9 Å². The maximum atomic E-state index is 12.1. The normalized spacial score (nSPS) is 15.4. The Morgan fingerprint density at radius 1 is 1.04 bits per heavy atom. The van der Waals surface area contributed by atoms with Gasteiger partial charge in [0.15, 0.2) is 0 Å². The van der Waals surface area contributed by atoms with E-state index in [0.717, 1.165) is 45.2 Å². The predicted molar refractivity (Wildman–Crippen MR) is 106 cm³/mol. The molecule has 0 atom stereocenters. The molecule has 0 spiro atoms. The molecule has 2 rings (SSSR count). The minimum absolute atomic E-state index is 0.193. The van der Waals surface area contributed by atoms with Gasteiger partial charge in [-0.15, -0.1) is 0 Å². The zero-order valence-corrected chi connectivity index (χ0v) is 16.9. The third kappa shape index (κ3) is 8.02. The van der Waals surface area contributed by atoms with Crippen LogP contribution < -0.4 is 0 Å². The lowest BCUT2D eigenvalue weighted by Gasteiger charge is -2.33. The zero-order valence-electron chi connectivity index (χ0n) is 16.9. The van der Waals surface area contributed by atoms with Crippen LogP contribution in [0.4, 0.5) is 4.79 Å². The summed E-state index contributed by atoms with van der Waals surface area (Å²) in [6.45, 7) is 7.74. The van der Waals surface area contributed by atoms with E-state index >= 15 is 0 Å². The van der Waals surface area contributed by atoms with E-state index in [9.17, 15) is 9.59 Å². The van der Waals surface area contributed by atoms with Crippen LogP contribution in [-0.2, 0) is 9.47 Å². The molecular formula is C22H33NO4. The van der Waals surface area contributed by atoms with E-state index in [1.165, 1.54) is 6.42 Å². The highest BCUT2D eigenvalue weighted by Gasteiger charge is 2.26. The molecule has 0 aromatic heterocycles. The molecule has 1 aromatic rings. The molecule has 1 aliphatic rings. The third-order valence-corrected chi connectivity index (χ3v) is 4.77. The number of carbonyl (C=O) groups is 2. The van der Waals surface area contributed by atoms with Gasteiger partial charge in [0.2, 0.25) is 0 Å². The van der Waals surface area contributed by atoms with Gasteiger partial charge < -0.3 is 14.4 Å². The van der Waals surface area contributed by atoms with Crippen molar-refractivity contribution in [2.75, 3.05) is 19.7 Å². The molecule has 5 heteroatoms. The predicted octanol–water partition coefficient (Wildman–Crippen LogP) is 5.05. The second kappa shape index (κ2) is 10.3. The molecular weight excluding hydrogens is 342 g/mol. The smallest absolute Gasteiger partial charge is 0.410 e. The SMILES string of the molecule is CC(C)(C)OC(=O)N1CCC(CCCCCOC(=O)c2ccccc2)CC1. The van der Waals surface area contributed by atoms with E-state index in [0.29, 0.717) is 18.1 Å². The van der Waals surface area contributed by atoms with Crippen LogP contribution in [0.3, 0.4) is 0 Å². The first-order chi connectivity index (χ1) is 12.8. The summed E-state index contributed by atoms with van der Waals surface area (Å²) < 4.78 is 10.7. The summed E-state index contributed by atoms with van der Waals surface area (Å²) >= 11 is 0. The van der Waals surface area contributed by atoms with Gasteiger partial charge in [-0.3, -0.25) is 0 Å². The number of nitrogens with zero attached hydrogens (tertiary/aromatic N) is 1. The third-order valence-electron chi connectivity index (χ3n) is 4.77. The summed E-state index contributed by atoms with van der Waals surface area (Å²) in [5, 5.41) is 0. The molecule has 150 valence electrons. The largest absolute Gasteiger partial charge is 0.462 e. The molecule has 0 unspecified atom stereocenters. The fourth-order valence-corrected chi connectivity index (χ4v) is 3.26. The van der Waals surface area contributed by atoms with Crippen molar-refractivity contribution in [2.24, 2.45) is 5.92 Å². The van der Waals surface area contributed by atoms with E-state index in [-0.39, 0.29) is 12.1 Å². The van der Waals surface area contributed by atoms with Gasteiger partial charge in [0.1, 0.15) is 5.60 Å². The van der Waals surface area contributed by atoms with Crippen molar-refractivity contribution < 1.29 is 19.1 Å². The fraction of sp³-hybridized carbons (Fsp3) is 0.636. The molecule has 1 heterocycles. The molecule has 0 bridgehead atoms. The van der Waals surface area contributed by atoms with Crippen molar-refractivity contribution in [3.8, 4) is 0 Å². The molecule has 0 radical (unpaired) electrons. The number of unbranched alkanes of at least 4 members (excludes halogenated alkanes) is 2. The van der Waals surface area contributed by atoms with Gasteiger partial charge in [-0.1, -0.05) is 37.5 Å². The number of carbonyl (C=O) groups excluding carboxylic acids is 2. The Morgan fingerprint density at radius 2 is 1.70 bits per heavy atom. The molecule has 27 heavy (non-hydrogen) atoms. The van der Waals surface area contributed by atoms with Crippen molar-refractivity contribution >= 4 is 12.1 Å². The Kier molecular flexibility index (Phi) is 8.14. The molecule has 0 N–H and O–H groups in total. The summed E-state index contributed by atoms with van der Waals surface area (Å²) in [7, 11) is 0. The highest BCUT2D eigenvalue weighted by Crippen LogP contribution is 2.24.